The van der Waals surface area contributed by atoms with Crippen molar-refractivity contribution in [3.63, 3.8) is 0 Å². The molecule has 0 aliphatic heterocycles. The first-order chi connectivity index (χ1) is 15.5. The molecule has 2 heterocycles. The molecule has 0 fully saturated rings. The number of furan rings is 1. The van der Waals surface area contributed by atoms with Gasteiger partial charge in [-0.3, -0.25) is 14.3 Å². The standard InChI is InChI=1S/C24H20BrN3O4/c1-16(29)18-4-8-21(9-5-18)31-15-22-10-11-23(32-22)24(30)27-20-12-26-28(14-20)13-17-2-6-19(25)7-3-17/h2-12,14H,13,15H2,1H3,(H,27,30). The van der Waals surface area contributed by atoms with E-state index in [9.17, 15) is 9.59 Å². The molecule has 0 saturated carbocycles. The summed E-state index contributed by atoms with van der Waals surface area (Å²) in [5.41, 5.74) is 2.29. The number of hydrogen-bond acceptors (Lipinski definition) is 5. The highest BCUT2D eigenvalue weighted by Gasteiger charge is 2.13. The van der Waals surface area contributed by atoms with Crippen LogP contribution in [0.15, 0.2) is 81.9 Å². The topological polar surface area (TPSA) is 86.4 Å². The molecule has 4 rings (SSSR count). The Morgan fingerprint density at radius 1 is 1.06 bits per heavy atom. The monoisotopic (exact) mass is 493 g/mol. The summed E-state index contributed by atoms with van der Waals surface area (Å²) in [6.45, 7) is 2.27. The second kappa shape index (κ2) is 9.65. The van der Waals surface area contributed by atoms with Gasteiger partial charge in [0.15, 0.2) is 11.5 Å². The Kier molecular flexibility index (Phi) is 6.51. The number of aromatic nitrogens is 2. The van der Waals surface area contributed by atoms with Gasteiger partial charge in [0, 0.05) is 16.2 Å². The second-order valence-electron chi connectivity index (χ2n) is 7.14. The molecule has 2 aromatic carbocycles. The first kappa shape index (κ1) is 21.6. The van der Waals surface area contributed by atoms with Crippen LogP contribution in [0.5, 0.6) is 5.75 Å². The summed E-state index contributed by atoms with van der Waals surface area (Å²) in [5.74, 6) is 0.922. The van der Waals surface area contributed by atoms with Gasteiger partial charge in [-0.15, -0.1) is 0 Å². The van der Waals surface area contributed by atoms with Crippen LogP contribution >= 0.6 is 15.9 Å². The van der Waals surface area contributed by atoms with Crippen LogP contribution in [0, 0.1) is 0 Å². The number of carbonyl (C=O) groups is 2. The number of anilines is 1. The maximum Gasteiger partial charge on any atom is 0.291 e. The second-order valence-corrected chi connectivity index (χ2v) is 8.06. The van der Waals surface area contributed by atoms with Gasteiger partial charge in [0.2, 0.25) is 0 Å². The number of Topliss-reactive ketones (excluding diaryl/α,β-unsaturated/α-hetero) is 1. The number of ketones is 1. The van der Waals surface area contributed by atoms with Crippen LogP contribution in [0.4, 0.5) is 5.69 Å². The van der Waals surface area contributed by atoms with Crippen LogP contribution in [0.3, 0.4) is 0 Å². The fraction of sp³-hybridized carbons (Fsp3) is 0.125. The summed E-state index contributed by atoms with van der Waals surface area (Å²) < 4.78 is 14.0. The molecule has 0 bridgehead atoms. The first-order valence-electron chi connectivity index (χ1n) is 9.87. The lowest BCUT2D eigenvalue weighted by atomic mass is 10.1. The zero-order valence-electron chi connectivity index (χ0n) is 17.2. The Labute approximate surface area is 193 Å². The van der Waals surface area contributed by atoms with Gasteiger partial charge in [-0.1, -0.05) is 28.1 Å². The Morgan fingerprint density at radius 3 is 2.53 bits per heavy atom. The molecule has 0 atom stereocenters. The van der Waals surface area contributed by atoms with Crippen molar-refractivity contribution in [3.05, 3.63) is 100 Å². The fourth-order valence-corrected chi connectivity index (χ4v) is 3.27. The molecule has 7 nitrogen and oxygen atoms in total. The minimum Gasteiger partial charge on any atom is -0.486 e. The molecule has 0 aliphatic carbocycles. The quantitative estimate of drug-likeness (QED) is 0.335. The molecule has 162 valence electrons. The Bertz CT molecular complexity index is 1230. The summed E-state index contributed by atoms with van der Waals surface area (Å²) in [7, 11) is 0. The third-order valence-corrected chi connectivity index (χ3v) is 5.20. The minimum absolute atomic E-state index is 0.00269. The molecule has 1 N–H and O–H groups in total. The van der Waals surface area contributed by atoms with Crippen LogP contribution in [0.1, 0.15) is 39.2 Å². The van der Waals surface area contributed by atoms with E-state index in [-0.39, 0.29) is 24.1 Å². The highest BCUT2D eigenvalue weighted by atomic mass is 79.9. The molecule has 4 aromatic rings. The van der Waals surface area contributed by atoms with Crippen molar-refractivity contribution in [1.82, 2.24) is 9.78 Å². The van der Waals surface area contributed by atoms with Crippen molar-refractivity contribution in [2.24, 2.45) is 0 Å². The van der Waals surface area contributed by atoms with Crippen LogP contribution in [0.25, 0.3) is 0 Å². The number of carbonyl (C=O) groups excluding carboxylic acids is 2. The van der Waals surface area contributed by atoms with Crippen LogP contribution in [-0.4, -0.2) is 21.5 Å². The van der Waals surface area contributed by atoms with Gasteiger partial charge in [0.25, 0.3) is 5.91 Å². The summed E-state index contributed by atoms with van der Waals surface area (Å²) in [6, 6.07) is 18.1. The van der Waals surface area contributed by atoms with Gasteiger partial charge in [0.1, 0.15) is 18.1 Å². The van der Waals surface area contributed by atoms with Crippen molar-refractivity contribution in [2.75, 3.05) is 5.32 Å². The Balaban J connectivity index is 1.31. The maximum absolute atomic E-state index is 12.5. The molecule has 0 radical (unpaired) electrons. The number of hydrogen-bond donors (Lipinski definition) is 1. The van der Waals surface area contributed by atoms with E-state index in [1.165, 1.54) is 6.92 Å². The van der Waals surface area contributed by atoms with Gasteiger partial charge in [-0.05, 0) is 61.0 Å². The van der Waals surface area contributed by atoms with E-state index < -0.39 is 0 Å². The molecular weight excluding hydrogens is 474 g/mol. The van der Waals surface area contributed by atoms with Gasteiger partial charge in [-0.2, -0.15) is 5.10 Å². The van der Waals surface area contributed by atoms with Gasteiger partial charge >= 0.3 is 0 Å². The van der Waals surface area contributed by atoms with Gasteiger partial charge < -0.3 is 14.5 Å². The highest BCUT2D eigenvalue weighted by Crippen LogP contribution is 2.17. The minimum atomic E-state index is -0.370. The smallest absolute Gasteiger partial charge is 0.291 e. The number of rotatable bonds is 8. The highest BCUT2D eigenvalue weighted by molar-refractivity contribution is 9.10. The number of benzene rings is 2. The number of ether oxygens (including phenoxy) is 1. The lowest BCUT2D eigenvalue weighted by Crippen LogP contribution is -2.10. The van der Waals surface area contributed by atoms with E-state index in [1.54, 1.807) is 53.5 Å². The summed E-state index contributed by atoms with van der Waals surface area (Å²) in [5, 5.41) is 7.07. The molecule has 2 aromatic heterocycles. The molecule has 0 aliphatic rings. The average Bonchev–Trinajstić information content (AvgIpc) is 3.44. The van der Waals surface area contributed by atoms with Crippen LogP contribution in [0.2, 0.25) is 0 Å². The van der Waals surface area contributed by atoms with Crippen molar-refractivity contribution >= 4 is 33.3 Å². The number of amides is 1. The molecule has 0 saturated heterocycles. The van der Waals surface area contributed by atoms with E-state index in [0.717, 1.165) is 10.0 Å². The lowest BCUT2D eigenvalue weighted by Gasteiger charge is -2.05. The molecule has 0 spiro atoms. The van der Waals surface area contributed by atoms with Gasteiger partial charge in [-0.25, -0.2) is 0 Å². The maximum atomic E-state index is 12.5. The van der Waals surface area contributed by atoms with E-state index in [1.807, 2.05) is 24.3 Å². The van der Waals surface area contributed by atoms with Crippen molar-refractivity contribution < 1.29 is 18.7 Å². The van der Waals surface area contributed by atoms with Gasteiger partial charge in [0.05, 0.1) is 18.4 Å². The zero-order chi connectivity index (χ0) is 22.5. The Morgan fingerprint density at radius 2 is 1.81 bits per heavy atom. The third-order valence-electron chi connectivity index (χ3n) is 4.68. The predicted molar refractivity (Wildman–Crippen MR) is 123 cm³/mol. The summed E-state index contributed by atoms with van der Waals surface area (Å²) >= 11 is 3.42. The Hall–Kier alpha value is -3.65. The van der Waals surface area contributed by atoms with E-state index in [0.29, 0.717) is 29.3 Å². The molecule has 32 heavy (non-hydrogen) atoms. The summed E-state index contributed by atoms with van der Waals surface area (Å²) in [6.07, 6.45) is 3.35. The number of nitrogens with one attached hydrogen (secondary N) is 1. The molecular formula is C24H20BrN3O4. The lowest BCUT2D eigenvalue weighted by molar-refractivity contribution is 0.0990. The van der Waals surface area contributed by atoms with Crippen LogP contribution in [-0.2, 0) is 13.2 Å². The van der Waals surface area contributed by atoms with Crippen LogP contribution < -0.4 is 10.1 Å². The van der Waals surface area contributed by atoms with Crippen molar-refractivity contribution in [3.8, 4) is 5.75 Å². The third kappa shape index (κ3) is 5.53. The fourth-order valence-electron chi connectivity index (χ4n) is 3.00. The van der Waals surface area contributed by atoms with Crippen molar-refractivity contribution in [2.45, 2.75) is 20.1 Å². The zero-order valence-corrected chi connectivity index (χ0v) is 18.8. The first-order valence-corrected chi connectivity index (χ1v) is 10.7. The normalized spacial score (nSPS) is 10.7. The largest absolute Gasteiger partial charge is 0.486 e. The molecule has 1 amide bonds. The number of halogens is 1. The molecule has 0 unspecified atom stereocenters. The number of nitrogens with zero attached hydrogens (tertiary/aromatic N) is 2. The van der Waals surface area contributed by atoms with E-state index in [2.05, 4.69) is 26.3 Å². The van der Waals surface area contributed by atoms with Crippen molar-refractivity contribution in [1.29, 1.82) is 0 Å². The SMILES string of the molecule is CC(=O)c1ccc(OCc2ccc(C(=O)Nc3cnn(Cc4ccc(Br)cc4)c3)o2)cc1. The predicted octanol–water partition coefficient (Wildman–Crippen LogP) is 5.32. The van der Waals surface area contributed by atoms with E-state index >= 15 is 0 Å². The average molecular weight is 494 g/mol. The summed E-state index contributed by atoms with van der Waals surface area (Å²) in [4.78, 5) is 23.8. The molecule has 8 heteroatoms. The van der Waals surface area contributed by atoms with E-state index in [4.69, 9.17) is 9.15 Å².